The fraction of sp³-hybridized carbons (Fsp3) is 0.923. The third kappa shape index (κ3) is 3.42. The summed E-state index contributed by atoms with van der Waals surface area (Å²) in [4.78, 5) is 16.7. The van der Waals surface area contributed by atoms with Gasteiger partial charge in [-0.1, -0.05) is 6.92 Å². The third-order valence-corrected chi connectivity index (χ3v) is 4.03. The zero-order valence-corrected chi connectivity index (χ0v) is 11.9. The first-order valence-electron chi connectivity index (χ1n) is 6.61. The molecule has 0 aromatic heterocycles. The van der Waals surface area contributed by atoms with Gasteiger partial charge in [0, 0.05) is 26.2 Å². The molecule has 1 aliphatic rings. The third-order valence-electron chi connectivity index (χ3n) is 4.03. The van der Waals surface area contributed by atoms with E-state index in [2.05, 4.69) is 17.1 Å². The molecule has 0 aromatic rings. The van der Waals surface area contributed by atoms with Crippen LogP contribution in [0.4, 0.5) is 0 Å². The van der Waals surface area contributed by atoms with Crippen LogP contribution in [-0.4, -0.2) is 61.0 Å². The van der Waals surface area contributed by atoms with Gasteiger partial charge in [0.25, 0.3) is 0 Å². The molecular weight excluding hydrogens is 214 g/mol. The SMILES string of the molecule is CCN1CCC(N(C)C(=O)C(C)(C)NC)CC1. The minimum absolute atomic E-state index is 0.190. The fourth-order valence-electron chi connectivity index (χ4n) is 2.34. The molecule has 1 rings (SSSR count). The Bertz CT molecular complexity index is 257. The van der Waals surface area contributed by atoms with E-state index in [9.17, 15) is 4.79 Å². The zero-order chi connectivity index (χ0) is 13.1. The number of nitrogens with zero attached hydrogens (tertiary/aromatic N) is 2. The maximum absolute atomic E-state index is 12.3. The maximum atomic E-state index is 12.3. The quantitative estimate of drug-likeness (QED) is 0.795. The van der Waals surface area contributed by atoms with E-state index < -0.39 is 5.54 Å². The van der Waals surface area contributed by atoms with Crippen LogP contribution in [0.2, 0.25) is 0 Å². The average molecular weight is 241 g/mol. The normalized spacial score (nSPS) is 19.4. The van der Waals surface area contributed by atoms with Crippen molar-refractivity contribution in [3.63, 3.8) is 0 Å². The topological polar surface area (TPSA) is 35.6 Å². The highest BCUT2D eigenvalue weighted by Gasteiger charge is 2.33. The van der Waals surface area contributed by atoms with Crippen molar-refractivity contribution >= 4 is 5.91 Å². The molecule has 0 spiro atoms. The lowest BCUT2D eigenvalue weighted by atomic mass is 9.99. The number of nitrogens with one attached hydrogen (secondary N) is 1. The number of piperidine rings is 1. The van der Waals surface area contributed by atoms with Gasteiger partial charge in [-0.3, -0.25) is 4.79 Å². The largest absolute Gasteiger partial charge is 0.341 e. The second-order valence-corrected chi connectivity index (χ2v) is 5.46. The van der Waals surface area contributed by atoms with Gasteiger partial charge in [-0.25, -0.2) is 0 Å². The second-order valence-electron chi connectivity index (χ2n) is 5.46. The molecule has 0 aliphatic carbocycles. The Morgan fingerprint density at radius 1 is 1.41 bits per heavy atom. The summed E-state index contributed by atoms with van der Waals surface area (Å²) >= 11 is 0. The van der Waals surface area contributed by atoms with Gasteiger partial charge < -0.3 is 15.1 Å². The molecule has 0 bridgehead atoms. The highest BCUT2D eigenvalue weighted by molar-refractivity contribution is 5.85. The van der Waals surface area contributed by atoms with E-state index in [1.807, 2.05) is 32.8 Å². The van der Waals surface area contributed by atoms with Crippen molar-refractivity contribution in [2.45, 2.75) is 45.2 Å². The summed E-state index contributed by atoms with van der Waals surface area (Å²) in [5.41, 5.74) is -0.462. The van der Waals surface area contributed by atoms with Crippen LogP contribution >= 0.6 is 0 Å². The number of likely N-dealkylation sites (tertiary alicyclic amines) is 1. The van der Waals surface area contributed by atoms with Crippen molar-refractivity contribution in [3.8, 4) is 0 Å². The molecule has 0 saturated carbocycles. The van der Waals surface area contributed by atoms with Crippen LogP contribution in [0.3, 0.4) is 0 Å². The molecule has 0 radical (unpaired) electrons. The number of amides is 1. The van der Waals surface area contributed by atoms with Crippen LogP contribution in [0.5, 0.6) is 0 Å². The van der Waals surface area contributed by atoms with Crippen molar-refractivity contribution < 1.29 is 4.79 Å². The molecule has 100 valence electrons. The van der Waals surface area contributed by atoms with Crippen molar-refractivity contribution in [2.75, 3.05) is 33.7 Å². The van der Waals surface area contributed by atoms with Gasteiger partial charge in [-0.05, 0) is 40.3 Å². The van der Waals surface area contributed by atoms with E-state index in [0.717, 1.165) is 32.5 Å². The molecule has 1 amide bonds. The van der Waals surface area contributed by atoms with Crippen molar-refractivity contribution in [2.24, 2.45) is 0 Å². The van der Waals surface area contributed by atoms with Gasteiger partial charge in [0.05, 0.1) is 5.54 Å². The first-order chi connectivity index (χ1) is 7.92. The molecular formula is C13H27N3O. The molecule has 1 heterocycles. The van der Waals surface area contributed by atoms with Crippen LogP contribution < -0.4 is 5.32 Å². The predicted octanol–water partition coefficient (Wildman–Crippen LogP) is 0.927. The number of rotatable bonds is 4. The van der Waals surface area contributed by atoms with Crippen LogP contribution in [0.25, 0.3) is 0 Å². The number of hydrogen-bond acceptors (Lipinski definition) is 3. The van der Waals surface area contributed by atoms with E-state index in [1.54, 1.807) is 0 Å². The Morgan fingerprint density at radius 2 is 1.94 bits per heavy atom. The Kier molecular flexibility index (Phi) is 4.95. The molecule has 1 N–H and O–H groups in total. The van der Waals surface area contributed by atoms with Gasteiger partial charge in [0.15, 0.2) is 0 Å². The number of likely N-dealkylation sites (N-methyl/N-ethyl adjacent to an activating group) is 2. The minimum atomic E-state index is -0.462. The first-order valence-corrected chi connectivity index (χ1v) is 6.61. The number of carbonyl (C=O) groups excluding carboxylic acids is 1. The maximum Gasteiger partial charge on any atom is 0.242 e. The molecule has 1 saturated heterocycles. The Balaban J connectivity index is 2.54. The molecule has 0 aromatic carbocycles. The summed E-state index contributed by atoms with van der Waals surface area (Å²) in [6, 6.07) is 0.401. The summed E-state index contributed by atoms with van der Waals surface area (Å²) in [6.45, 7) is 9.41. The summed E-state index contributed by atoms with van der Waals surface area (Å²) in [6.07, 6.45) is 2.19. The fourth-order valence-corrected chi connectivity index (χ4v) is 2.34. The molecule has 1 aliphatic heterocycles. The van der Waals surface area contributed by atoms with Gasteiger partial charge in [-0.15, -0.1) is 0 Å². The standard InChI is InChI=1S/C13H27N3O/c1-6-16-9-7-11(8-10-16)15(5)12(17)13(2,3)14-4/h11,14H,6-10H2,1-5H3. The highest BCUT2D eigenvalue weighted by Crippen LogP contribution is 2.18. The first kappa shape index (κ1) is 14.5. The summed E-state index contributed by atoms with van der Waals surface area (Å²) in [5.74, 6) is 0.190. The number of carbonyl (C=O) groups is 1. The molecule has 4 heteroatoms. The van der Waals surface area contributed by atoms with Gasteiger partial charge in [-0.2, -0.15) is 0 Å². The molecule has 0 atom stereocenters. The second kappa shape index (κ2) is 5.83. The minimum Gasteiger partial charge on any atom is -0.341 e. The average Bonchev–Trinajstić information content (AvgIpc) is 2.37. The van der Waals surface area contributed by atoms with Crippen LogP contribution in [-0.2, 0) is 4.79 Å². The van der Waals surface area contributed by atoms with E-state index in [4.69, 9.17) is 0 Å². The van der Waals surface area contributed by atoms with Crippen molar-refractivity contribution in [3.05, 3.63) is 0 Å². The number of hydrogen-bond donors (Lipinski definition) is 1. The molecule has 0 unspecified atom stereocenters. The Morgan fingerprint density at radius 3 is 2.35 bits per heavy atom. The van der Waals surface area contributed by atoms with E-state index in [1.165, 1.54) is 0 Å². The smallest absolute Gasteiger partial charge is 0.242 e. The predicted molar refractivity (Wildman–Crippen MR) is 71.0 cm³/mol. The lowest BCUT2D eigenvalue weighted by molar-refractivity contribution is -0.138. The van der Waals surface area contributed by atoms with Crippen LogP contribution in [0.1, 0.15) is 33.6 Å². The van der Waals surface area contributed by atoms with E-state index >= 15 is 0 Å². The van der Waals surface area contributed by atoms with Gasteiger partial charge >= 0.3 is 0 Å². The van der Waals surface area contributed by atoms with Gasteiger partial charge in [0.2, 0.25) is 5.91 Å². The summed E-state index contributed by atoms with van der Waals surface area (Å²) in [5, 5.41) is 3.08. The van der Waals surface area contributed by atoms with E-state index in [0.29, 0.717) is 6.04 Å². The molecule has 4 nitrogen and oxygen atoms in total. The monoisotopic (exact) mass is 241 g/mol. The highest BCUT2D eigenvalue weighted by atomic mass is 16.2. The Hall–Kier alpha value is -0.610. The lowest BCUT2D eigenvalue weighted by Gasteiger charge is -2.39. The van der Waals surface area contributed by atoms with Crippen LogP contribution in [0.15, 0.2) is 0 Å². The molecule has 1 fully saturated rings. The van der Waals surface area contributed by atoms with Crippen LogP contribution in [0, 0.1) is 0 Å². The lowest BCUT2D eigenvalue weighted by Crippen LogP contribution is -2.56. The van der Waals surface area contributed by atoms with Crippen molar-refractivity contribution in [1.82, 2.24) is 15.1 Å². The summed E-state index contributed by atoms with van der Waals surface area (Å²) in [7, 11) is 3.78. The van der Waals surface area contributed by atoms with Gasteiger partial charge in [0.1, 0.15) is 0 Å². The molecule has 17 heavy (non-hydrogen) atoms. The summed E-state index contributed by atoms with van der Waals surface area (Å²) < 4.78 is 0. The van der Waals surface area contributed by atoms with Crippen molar-refractivity contribution in [1.29, 1.82) is 0 Å². The van der Waals surface area contributed by atoms with E-state index in [-0.39, 0.29) is 5.91 Å². The Labute approximate surface area is 105 Å². The zero-order valence-electron chi connectivity index (χ0n) is 11.9.